The van der Waals surface area contributed by atoms with Crippen molar-refractivity contribution in [1.82, 2.24) is 25.4 Å². The number of carbonyl (C=O) groups excluding carboxylic acids is 1. The summed E-state index contributed by atoms with van der Waals surface area (Å²) < 4.78 is 47.3. The number of nitrogens with one attached hydrogen (secondary N) is 3. The molecule has 5 rings (SSSR count). The lowest BCUT2D eigenvalue weighted by atomic mass is 9.91. The van der Waals surface area contributed by atoms with E-state index in [1.807, 2.05) is 0 Å². The molecule has 0 spiro atoms. The first-order valence-corrected chi connectivity index (χ1v) is 10.9. The average Bonchev–Trinajstić information content (AvgIpc) is 3.42. The first-order chi connectivity index (χ1) is 16.4. The molecular weight excluding hydrogens is 449 g/mol. The monoisotopic (exact) mass is 470 g/mol. The second kappa shape index (κ2) is 8.81. The Hall–Kier alpha value is -3.89. The molecule has 3 N–H and O–H groups in total. The van der Waals surface area contributed by atoms with Gasteiger partial charge in [-0.05, 0) is 38.7 Å². The maximum absolute atomic E-state index is 14.5. The molecule has 0 unspecified atom stereocenters. The minimum Gasteiger partial charge on any atom is -0.365 e. The van der Waals surface area contributed by atoms with Gasteiger partial charge in [-0.25, -0.2) is 23.1 Å². The number of aromatic amines is 1. The molecule has 0 radical (unpaired) electrons. The van der Waals surface area contributed by atoms with E-state index < -0.39 is 17.5 Å². The number of rotatable bonds is 5. The van der Waals surface area contributed by atoms with Crippen LogP contribution in [0.25, 0.3) is 22.3 Å². The van der Waals surface area contributed by atoms with Gasteiger partial charge in [0.15, 0.2) is 17.5 Å². The van der Waals surface area contributed by atoms with Crippen LogP contribution in [0.15, 0.2) is 35.1 Å². The van der Waals surface area contributed by atoms with Gasteiger partial charge in [-0.15, -0.1) is 0 Å². The van der Waals surface area contributed by atoms with E-state index in [-0.39, 0.29) is 46.3 Å². The van der Waals surface area contributed by atoms with Crippen molar-refractivity contribution in [3.05, 3.63) is 59.5 Å². The predicted molar refractivity (Wildman–Crippen MR) is 118 cm³/mol. The fraction of sp³-hybridized carbons (Fsp3) is 0.304. The number of halogens is 3. The van der Waals surface area contributed by atoms with Crippen molar-refractivity contribution in [2.24, 2.45) is 0 Å². The summed E-state index contributed by atoms with van der Waals surface area (Å²) >= 11 is 0. The normalized spacial score (nSPS) is 18.2. The summed E-state index contributed by atoms with van der Waals surface area (Å²) in [7, 11) is 0. The van der Waals surface area contributed by atoms with Gasteiger partial charge in [0.25, 0.3) is 5.91 Å². The number of anilines is 1. The highest BCUT2D eigenvalue weighted by Gasteiger charge is 2.26. The third-order valence-electron chi connectivity index (χ3n) is 5.89. The molecule has 4 aromatic rings. The number of nitrogens with zero attached hydrogens (tertiary/aromatic N) is 3. The number of fused-ring (bicyclic) bond motifs is 1. The number of hydrogen-bond acceptors (Lipinski definition) is 6. The highest BCUT2D eigenvalue weighted by atomic mass is 19.1. The fourth-order valence-corrected chi connectivity index (χ4v) is 4.31. The molecule has 3 aromatic heterocycles. The van der Waals surface area contributed by atoms with Gasteiger partial charge in [-0.2, -0.15) is 0 Å². The molecule has 0 bridgehead atoms. The van der Waals surface area contributed by atoms with Crippen molar-refractivity contribution in [2.45, 2.75) is 44.7 Å². The lowest BCUT2D eigenvalue weighted by Gasteiger charge is -2.30. The molecule has 1 aliphatic carbocycles. The summed E-state index contributed by atoms with van der Waals surface area (Å²) in [4.78, 5) is 23.4. The quantitative estimate of drug-likeness (QED) is 0.397. The van der Waals surface area contributed by atoms with Crippen molar-refractivity contribution in [3.8, 4) is 11.4 Å². The topological polar surface area (TPSA) is 109 Å². The van der Waals surface area contributed by atoms with Crippen LogP contribution in [0.3, 0.4) is 0 Å². The minimum atomic E-state index is -0.738. The van der Waals surface area contributed by atoms with E-state index in [9.17, 15) is 18.0 Å². The van der Waals surface area contributed by atoms with Crippen molar-refractivity contribution in [2.75, 3.05) is 5.32 Å². The van der Waals surface area contributed by atoms with Crippen LogP contribution < -0.4 is 10.6 Å². The second-order valence-corrected chi connectivity index (χ2v) is 8.41. The van der Waals surface area contributed by atoms with Gasteiger partial charge < -0.3 is 20.1 Å². The number of amides is 1. The summed E-state index contributed by atoms with van der Waals surface area (Å²) in [5, 5.41) is 10.0. The van der Waals surface area contributed by atoms with Crippen molar-refractivity contribution < 1.29 is 22.5 Å². The molecule has 2 atom stereocenters. The van der Waals surface area contributed by atoms with Crippen LogP contribution in [-0.2, 0) is 0 Å². The zero-order chi connectivity index (χ0) is 23.8. The van der Waals surface area contributed by atoms with Gasteiger partial charge in [-0.3, -0.25) is 4.79 Å². The van der Waals surface area contributed by atoms with E-state index in [0.717, 1.165) is 31.5 Å². The van der Waals surface area contributed by atoms with E-state index in [0.29, 0.717) is 17.7 Å². The molecule has 8 nitrogen and oxygen atoms in total. The molecule has 0 aliphatic heterocycles. The van der Waals surface area contributed by atoms with Gasteiger partial charge in [0.1, 0.15) is 11.6 Å². The molecule has 1 aliphatic rings. The number of H-pyrrole nitrogens is 1. The molecule has 34 heavy (non-hydrogen) atoms. The molecule has 3 heterocycles. The Balaban J connectivity index is 1.33. The highest BCUT2D eigenvalue weighted by Crippen LogP contribution is 2.30. The van der Waals surface area contributed by atoms with Gasteiger partial charge in [0.2, 0.25) is 5.76 Å². The molecule has 11 heteroatoms. The molecule has 0 saturated heterocycles. The summed E-state index contributed by atoms with van der Waals surface area (Å²) in [5.41, 5.74) is 1.09. The molecule has 1 saturated carbocycles. The summed E-state index contributed by atoms with van der Waals surface area (Å²) in [5.74, 6) is -2.21. The maximum atomic E-state index is 14.5. The zero-order valence-electron chi connectivity index (χ0n) is 18.2. The Bertz CT molecular complexity index is 1370. The number of aromatic nitrogens is 4. The Morgan fingerprint density at radius 2 is 1.97 bits per heavy atom. The van der Waals surface area contributed by atoms with Crippen molar-refractivity contribution in [1.29, 1.82) is 0 Å². The Labute approximate surface area is 192 Å². The van der Waals surface area contributed by atoms with Crippen LogP contribution in [0, 0.1) is 24.4 Å². The van der Waals surface area contributed by atoms with Crippen LogP contribution >= 0.6 is 0 Å². The molecular formula is C23H21F3N6O2. The van der Waals surface area contributed by atoms with E-state index >= 15 is 0 Å². The number of aryl methyl sites for hydroxylation is 1. The van der Waals surface area contributed by atoms with Crippen molar-refractivity contribution in [3.63, 3.8) is 0 Å². The highest BCUT2D eigenvalue weighted by molar-refractivity contribution is 5.94. The van der Waals surface area contributed by atoms with Gasteiger partial charge in [0, 0.05) is 41.4 Å². The standard InChI is InChI=1S/C23H21F3N6O2/c1-11-5-19(34-32-11)23(33)30-14-4-2-3-13(8-14)29-22-18(26)10-28-21(31-22)16-9-27-20-15(16)6-12(24)7-17(20)25/h5-7,9-10,13-14,27H,2-4,8H2,1H3,(H,30,33)(H,28,29,31)/t13-,14+/m0/s1. The molecule has 1 amide bonds. The Morgan fingerprint density at radius 1 is 1.15 bits per heavy atom. The first-order valence-electron chi connectivity index (χ1n) is 10.9. The largest absolute Gasteiger partial charge is 0.365 e. The van der Waals surface area contributed by atoms with E-state index in [1.165, 1.54) is 12.3 Å². The summed E-state index contributed by atoms with van der Waals surface area (Å²) in [6, 6.07) is 3.24. The second-order valence-electron chi connectivity index (χ2n) is 8.41. The summed E-state index contributed by atoms with van der Waals surface area (Å²) in [6.45, 7) is 1.73. The van der Waals surface area contributed by atoms with Crippen LogP contribution in [0.2, 0.25) is 0 Å². The number of hydrogen-bond donors (Lipinski definition) is 3. The third kappa shape index (κ3) is 4.33. The maximum Gasteiger partial charge on any atom is 0.290 e. The lowest BCUT2D eigenvalue weighted by Crippen LogP contribution is -2.41. The lowest BCUT2D eigenvalue weighted by molar-refractivity contribution is 0.0889. The van der Waals surface area contributed by atoms with Crippen LogP contribution in [0.1, 0.15) is 41.9 Å². The van der Waals surface area contributed by atoms with Crippen LogP contribution in [-0.4, -0.2) is 38.1 Å². The smallest absolute Gasteiger partial charge is 0.290 e. The van der Waals surface area contributed by atoms with Crippen LogP contribution in [0.5, 0.6) is 0 Å². The predicted octanol–water partition coefficient (Wildman–Crippen LogP) is 4.49. The Morgan fingerprint density at radius 3 is 2.76 bits per heavy atom. The summed E-state index contributed by atoms with van der Waals surface area (Å²) in [6.07, 6.45) is 5.39. The van der Waals surface area contributed by atoms with Crippen molar-refractivity contribution >= 4 is 22.6 Å². The molecule has 1 fully saturated rings. The number of carbonyl (C=O) groups is 1. The van der Waals surface area contributed by atoms with E-state index in [2.05, 4.69) is 30.7 Å². The minimum absolute atomic E-state index is 0.0148. The average molecular weight is 470 g/mol. The van der Waals surface area contributed by atoms with Gasteiger partial charge in [-0.1, -0.05) is 5.16 Å². The third-order valence-corrected chi connectivity index (χ3v) is 5.89. The van der Waals surface area contributed by atoms with E-state index in [1.54, 1.807) is 13.0 Å². The molecule has 1 aromatic carbocycles. The molecule has 176 valence electrons. The Kier molecular flexibility index (Phi) is 5.68. The SMILES string of the molecule is Cc1cc(C(=O)N[C@@H]2CCC[C@H](Nc3nc(-c4c[nH]c5c(F)cc(F)cc45)ncc3F)C2)on1. The van der Waals surface area contributed by atoms with Crippen LogP contribution in [0.4, 0.5) is 19.0 Å². The number of benzene rings is 1. The first kappa shape index (κ1) is 21.9. The van der Waals surface area contributed by atoms with Gasteiger partial charge in [0.05, 0.1) is 17.4 Å². The zero-order valence-corrected chi connectivity index (χ0v) is 18.2. The van der Waals surface area contributed by atoms with Gasteiger partial charge >= 0.3 is 0 Å². The fourth-order valence-electron chi connectivity index (χ4n) is 4.31. The van der Waals surface area contributed by atoms with E-state index in [4.69, 9.17) is 4.52 Å².